The molecule has 1 aliphatic carbocycles. The van der Waals surface area contributed by atoms with Gasteiger partial charge in [-0.3, -0.25) is 4.79 Å². The van der Waals surface area contributed by atoms with Gasteiger partial charge in [0, 0.05) is 0 Å². The molecule has 0 radical (unpaired) electrons. The van der Waals surface area contributed by atoms with Crippen LogP contribution >= 0.6 is 0 Å². The summed E-state index contributed by atoms with van der Waals surface area (Å²) in [5.41, 5.74) is 3.62. The lowest BCUT2D eigenvalue weighted by atomic mass is 9.82. The van der Waals surface area contributed by atoms with Crippen LogP contribution in [-0.2, 0) is 19.6 Å². The molecule has 0 aromatic heterocycles. The highest BCUT2D eigenvalue weighted by atomic mass is 32.2. The molecule has 2 N–H and O–H groups in total. The predicted octanol–water partition coefficient (Wildman–Crippen LogP) is 1.26. The largest absolute Gasteiger partial charge is 0.743 e. The van der Waals surface area contributed by atoms with E-state index in [4.69, 9.17) is 5.73 Å². The molecular formula is C10H13F5NO5S-. The Hall–Kier alpha value is -1.01. The van der Waals surface area contributed by atoms with Gasteiger partial charge in [0.1, 0.15) is 5.54 Å². The first-order chi connectivity index (χ1) is 9.72. The molecule has 0 spiro atoms. The van der Waals surface area contributed by atoms with Crippen molar-refractivity contribution in [2.75, 3.05) is 0 Å². The van der Waals surface area contributed by atoms with Crippen molar-refractivity contribution < 1.29 is 44.5 Å². The second kappa shape index (κ2) is 5.89. The Bertz CT molecular complexity index is 526. The van der Waals surface area contributed by atoms with E-state index in [0.717, 1.165) is 0 Å². The third kappa shape index (κ3) is 3.84. The van der Waals surface area contributed by atoms with Gasteiger partial charge in [0.25, 0.3) is 6.10 Å². The Morgan fingerprint density at radius 1 is 1.14 bits per heavy atom. The molecule has 1 rings (SSSR count). The molecular weight excluding hydrogens is 341 g/mol. The number of ether oxygens (including phenoxy) is 1. The first-order valence-corrected chi connectivity index (χ1v) is 7.52. The average Bonchev–Trinajstić information content (AvgIpc) is 2.33. The Morgan fingerprint density at radius 2 is 1.59 bits per heavy atom. The van der Waals surface area contributed by atoms with Gasteiger partial charge in [-0.2, -0.15) is 22.0 Å². The molecule has 12 heteroatoms. The molecule has 0 aliphatic heterocycles. The van der Waals surface area contributed by atoms with Crippen molar-refractivity contribution in [1.82, 2.24) is 0 Å². The summed E-state index contributed by atoms with van der Waals surface area (Å²) in [7, 11) is -6.70. The van der Waals surface area contributed by atoms with Gasteiger partial charge in [0.15, 0.2) is 10.1 Å². The van der Waals surface area contributed by atoms with Crippen molar-refractivity contribution in [3.63, 3.8) is 0 Å². The molecule has 0 aromatic carbocycles. The Balaban J connectivity index is 3.08. The van der Waals surface area contributed by atoms with E-state index in [1.807, 2.05) is 0 Å². The highest BCUT2D eigenvalue weighted by molar-refractivity contribution is 7.86. The van der Waals surface area contributed by atoms with Crippen molar-refractivity contribution in [1.29, 1.82) is 0 Å². The number of esters is 1. The lowest BCUT2D eigenvalue weighted by molar-refractivity contribution is -0.261. The first-order valence-electron chi connectivity index (χ1n) is 6.12. The van der Waals surface area contributed by atoms with Crippen LogP contribution in [0.25, 0.3) is 0 Å². The molecule has 0 bridgehead atoms. The third-order valence-corrected chi connectivity index (χ3v) is 4.19. The van der Waals surface area contributed by atoms with Crippen LogP contribution in [0.5, 0.6) is 0 Å². The highest BCUT2D eigenvalue weighted by Gasteiger charge is 2.63. The van der Waals surface area contributed by atoms with E-state index in [9.17, 15) is 39.7 Å². The molecule has 0 heterocycles. The molecule has 1 saturated carbocycles. The minimum Gasteiger partial charge on any atom is -0.743 e. The number of hydrogen-bond donors (Lipinski definition) is 1. The second-order valence-electron chi connectivity index (χ2n) is 5.06. The van der Waals surface area contributed by atoms with Crippen LogP contribution in [-0.4, -0.2) is 42.0 Å². The van der Waals surface area contributed by atoms with E-state index in [1.165, 1.54) is 0 Å². The summed E-state index contributed by atoms with van der Waals surface area (Å²) in [6.45, 7) is 0. The van der Waals surface area contributed by atoms with Crippen LogP contribution in [0.15, 0.2) is 0 Å². The van der Waals surface area contributed by atoms with E-state index in [2.05, 4.69) is 4.74 Å². The van der Waals surface area contributed by atoms with E-state index < -0.39 is 39.2 Å². The molecule has 130 valence electrons. The minimum atomic E-state index is -6.70. The number of hydrogen-bond acceptors (Lipinski definition) is 6. The number of halogens is 5. The summed E-state index contributed by atoms with van der Waals surface area (Å²) >= 11 is 0. The van der Waals surface area contributed by atoms with Crippen molar-refractivity contribution in [3.05, 3.63) is 0 Å². The van der Waals surface area contributed by atoms with Crippen LogP contribution in [0.3, 0.4) is 0 Å². The van der Waals surface area contributed by atoms with E-state index in [0.29, 0.717) is 19.3 Å². The van der Waals surface area contributed by atoms with Crippen molar-refractivity contribution in [3.8, 4) is 0 Å². The van der Waals surface area contributed by atoms with Gasteiger partial charge in [0.05, 0.1) is 0 Å². The van der Waals surface area contributed by atoms with Gasteiger partial charge in [-0.25, -0.2) is 8.42 Å². The smallest absolute Gasteiger partial charge is 0.432 e. The van der Waals surface area contributed by atoms with Crippen molar-refractivity contribution in [2.24, 2.45) is 5.73 Å². The summed E-state index contributed by atoms with van der Waals surface area (Å²) in [6, 6.07) is 0. The number of rotatable bonds is 4. The number of carbonyl (C=O) groups excluding carboxylic acids is 1. The monoisotopic (exact) mass is 354 g/mol. The Morgan fingerprint density at radius 3 is 1.95 bits per heavy atom. The Labute approximate surface area is 122 Å². The number of alkyl halides is 5. The van der Waals surface area contributed by atoms with E-state index >= 15 is 0 Å². The standard InChI is InChI=1S/C10H14F5NO5S/c11-9(12,13)6(10(14,15)22(18,19)20)21-7(17)8(16)4-2-1-3-5-8/h6H,1-5,16H2,(H,18,19,20)/p-1. The molecule has 0 amide bonds. The normalized spacial score (nSPS) is 21.2. The molecule has 0 aromatic rings. The van der Waals surface area contributed by atoms with Crippen LogP contribution in [0.1, 0.15) is 32.1 Å². The van der Waals surface area contributed by atoms with Crippen LogP contribution in [0.2, 0.25) is 0 Å². The van der Waals surface area contributed by atoms with Gasteiger partial charge in [-0.1, -0.05) is 19.3 Å². The van der Waals surface area contributed by atoms with Crippen LogP contribution in [0, 0.1) is 0 Å². The Kier molecular flexibility index (Phi) is 5.10. The van der Waals surface area contributed by atoms with Gasteiger partial charge >= 0.3 is 17.4 Å². The summed E-state index contributed by atoms with van der Waals surface area (Å²) in [5, 5.41) is -5.86. The molecule has 1 unspecified atom stereocenters. The molecule has 0 saturated heterocycles. The van der Waals surface area contributed by atoms with E-state index in [-0.39, 0.29) is 12.8 Å². The van der Waals surface area contributed by atoms with Crippen molar-refractivity contribution >= 4 is 16.1 Å². The van der Waals surface area contributed by atoms with E-state index in [1.54, 1.807) is 0 Å². The second-order valence-corrected chi connectivity index (χ2v) is 6.51. The molecule has 1 atom stereocenters. The SMILES string of the molecule is NC1(C(=O)OC(C(F)(F)F)C(F)(F)S(=O)(=O)[O-])CCCCC1. The minimum absolute atomic E-state index is 0.0912. The fraction of sp³-hybridized carbons (Fsp3) is 0.900. The topological polar surface area (TPSA) is 110 Å². The molecule has 22 heavy (non-hydrogen) atoms. The highest BCUT2D eigenvalue weighted by Crippen LogP contribution is 2.39. The number of carbonyl (C=O) groups is 1. The summed E-state index contributed by atoms with van der Waals surface area (Å²) < 4.78 is 98.9. The molecule has 1 fully saturated rings. The van der Waals surface area contributed by atoms with Gasteiger partial charge in [-0.05, 0) is 12.8 Å². The van der Waals surface area contributed by atoms with Crippen molar-refractivity contribution in [2.45, 2.75) is 55.2 Å². The zero-order valence-electron chi connectivity index (χ0n) is 11.0. The predicted molar refractivity (Wildman–Crippen MR) is 60.6 cm³/mol. The maximum atomic E-state index is 13.2. The summed E-state index contributed by atoms with van der Waals surface area (Å²) in [5.74, 6) is -1.81. The summed E-state index contributed by atoms with van der Waals surface area (Å²) in [6.07, 6.45) is -9.14. The number of nitrogens with two attached hydrogens (primary N) is 1. The molecule has 6 nitrogen and oxygen atoms in total. The summed E-state index contributed by atoms with van der Waals surface area (Å²) in [4.78, 5) is 11.7. The van der Waals surface area contributed by atoms with Gasteiger partial charge in [0.2, 0.25) is 0 Å². The maximum absolute atomic E-state index is 13.2. The van der Waals surface area contributed by atoms with Gasteiger partial charge in [-0.15, -0.1) is 0 Å². The average molecular weight is 354 g/mol. The fourth-order valence-electron chi connectivity index (χ4n) is 2.07. The lowest BCUT2D eigenvalue weighted by Crippen LogP contribution is -2.57. The zero-order chi connectivity index (χ0) is 17.4. The molecule has 1 aliphatic rings. The van der Waals surface area contributed by atoms with Crippen LogP contribution in [0.4, 0.5) is 22.0 Å². The first kappa shape index (κ1) is 19.0. The van der Waals surface area contributed by atoms with Gasteiger partial charge < -0.3 is 15.0 Å². The lowest BCUT2D eigenvalue weighted by Gasteiger charge is -2.35. The van der Waals surface area contributed by atoms with Crippen LogP contribution < -0.4 is 5.73 Å². The quantitative estimate of drug-likeness (QED) is 0.462. The third-order valence-electron chi connectivity index (χ3n) is 3.31. The zero-order valence-corrected chi connectivity index (χ0v) is 11.8. The maximum Gasteiger partial charge on any atom is 0.432 e. The fourth-order valence-corrected chi connectivity index (χ4v) is 2.51.